The number of hydrogen-bond acceptors (Lipinski definition) is 3. The number of allylic oxidation sites excluding steroid dienone is 1. The smallest absolute Gasteiger partial charge is 0.134 e. The van der Waals surface area contributed by atoms with Gasteiger partial charge in [-0.15, -0.1) is 0 Å². The first kappa shape index (κ1) is 13.3. The molecule has 0 saturated carbocycles. The van der Waals surface area contributed by atoms with Crippen molar-refractivity contribution in [2.24, 2.45) is 15.9 Å². The Morgan fingerprint density at radius 1 is 1.71 bits per heavy atom. The van der Waals surface area contributed by atoms with Gasteiger partial charge in [0.15, 0.2) is 0 Å². The van der Waals surface area contributed by atoms with Crippen LogP contribution in [0.25, 0.3) is 0 Å². The summed E-state index contributed by atoms with van der Waals surface area (Å²) in [5.74, 6) is -0.0175. The third-order valence-corrected chi connectivity index (χ3v) is 2.77. The van der Waals surface area contributed by atoms with E-state index < -0.39 is 0 Å². The maximum atomic E-state index is 8.58. The highest BCUT2D eigenvalue weighted by molar-refractivity contribution is 9.18. The topological polar surface area (TPSA) is 48.5 Å². The summed E-state index contributed by atoms with van der Waals surface area (Å²) in [6.45, 7) is 5.23. The quantitative estimate of drug-likeness (QED) is 0.575. The second kappa shape index (κ2) is 6.74. The Morgan fingerprint density at radius 2 is 2.29 bits per heavy atom. The lowest BCUT2D eigenvalue weighted by molar-refractivity contribution is 0.727. The van der Waals surface area contributed by atoms with Crippen molar-refractivity contribution in [3.63, 3.8) is 0 Å². The van der Waals surface area contributed by atoms with Gasteiger partial charge in [-0.25, -0.2) is 0 Å². The summed E-state index contributed by atoms with van der Waals surface area (Å²) in [5.41, 5.74) is 0.714. The lowest BCUT2D eigenvalue weighted by Gasteiger charge is -2.11. The third kappa shape index (κ3) is 3.60. The number of aliphatic imine (C=N–C) groups is 2. The zero-order valence-electron chi connectivity index (χ0n) is 8.09. The van der Waals surface area contributed by atoms with Crippen molar-refractivity contribution in [2.75, 3.05) is 7.05 Å². The molecule has 0 aliphatic heterocycles. The number of hydrogen-bond donors (Lipinski definition) is 0. The van der Waals surface area contributed by atoms with Crippen molar-refractivity contribution in [1.82, 2.24) is 0 Å². The first-order chi connectivity index (χ1) is 6.58. The van der Waals surface area contributed by atoms with E-state index in [2.05, 4.69) is 38.7 Å². The van der Waals surface area contributed by atoms with E-state index in [4.69, 9.17) is 16.9 Å². The van der Waals surface area contributed by atoms with Gasteiger partial charge in [-0.05, 0) is 28.6 Å². The molecule has 76 valence electrons. The summed E-state index contributed by atoms with van der Waals surface area (Å²) in [6.07, 6.45) is 0.367. The summed E-state index contributed by atoms with van der Waals surface area (Å²) in [5, 5.41) is 8.86. The summed E-state index contributed by atoms with van der Waals surface area (Å²) < 4.78 is 0.609. The van der Waals surface area contributed by atoms with Crippen LogP contribution in [0, 0.1) is 17.2 Å². The van der Waals surface area contributed by atoms with Crippen molar-refractivity contribution < 1.29 is 0 Å². The Labute approximate surface area is 97.3 Å². The highest BCUT2D eigenvalue weighted by Gasteiger charge is 2.16. The van der Waals surface area contributed by atoms with Crippen molar-refractivity contribution in [2.45, 2.75) is 13.3 Å². The van der Waals surface area contributed by atoms with Gasteiger partial charge in [-0.2, -0.15) is 5.26 Å². The molecule has 0 rings (SSSR count). The minimum atomic E-state index is -0.0175. The SMILES string of the molecule is C=N/C(Cl)=C(\C(Br)=N/C)[C@H](C)CC#N. The maximum absolute atomic E-state index is 8.58. The van der Waals surface area contributed by atoms with Crippen molar-refractivity contribution in [3.8, 4) is 6.07 Å². The molecule has 0 saturated heterocycles. The van der Waals surface area contributed by atoms with Crippen molar-refractivity contribution in [3.05, 3.63) is 10.7 Å². The Kier molecular flexibility index (Phi) is 6.43. The first-order valence-corrected chi connectivity index (χ1v) is 5.11. The summed E-state index contributed by atoms with van der Waals surface area (Å²) in [6, 6.07) is 2.08. The monoisotopic (exact) mass is 275 g/mol. The van der Waals surface area contributed by atoms with E-state index in [1.807, 2.05) is 6.92 Å². The molecular weight excluding hydrogens is 265 g/mol. The zero-order valence-corrected chi connectivity index (χ0v) is 10.4. The molecule has 14 heavy (non-hydrogen) atoms. The van der Waals surface area contributed by atoms with Crippen LogP contribution < -0.4 is 0 Å². The fourth-order valence-electron chi connectivity index (χ4n) is 0.936. The third-order valence-electron chi connectivity index (χ3n) is 1.67. The van der Waals surface area contributed by atoms with Crippen LogP contribution in [0.5, 0.6) is 0 Å². The molecule has 0 heterocycles. The molecule has 5 heteroatoms. The molecule has 1 atom stereocenters. The molecule has 0 aliphatic carbocycles. The molecule has 0 amide bonds. The molecule has 3 nitrogen and oxygen atoms in total. The highest BCUT2D eigenvalue weighted by atomic mass is 79.9. The Morgan fingerprint density at radius 3 is 2.64 bits per heavy atom. The summed E-state index contributed by atoms with van der Waals surface area (Å²) in [7, 11) is 1.64. The molecular formula is C9H11BrClN3. The van der Waals surface area contributed by atoms with Crippen LogP contribution >= 0.6 is 27.5 Å². The van der Waals surface area contributed by atoms with Crippen LogP contribution in [-0.2, 0) is 0 Å². The van der Waals surface area contributed by atoms with E-state index in [0.717, 1.165) is 0 Å². The Balaban J connectivity index is 5.14. The number of halogens is 2. The van der Waals surface area contributed by atoms with Gasteiger partial charge in [0, 0.05) is 19.0 Å². The number of rotatable bonds is 4. The Bertz CT molecular complexity index is 315. The molecule has 0 aliphatic rings. The fourth-order valence-corrected chi connectivity index (χ4v) is 1.90. The van der Waals surface area contributed by atoms with Gasteiger partial charge in [-0.3, -0.25) is 9.98 Å². The van der Waals surface area contributed by atoms with Gasteiger partial charge < -0.3 is 0 Å². The standard InChI is InChI=1S/C9H11BrClN3/c1-6(4-5-12)7(8(10)13-2)9(11)14-3/h6H,3-4H2,1-2H3/b9-7-,13-8+/t6-/m1/s1. The normalized spacial score (nSPS) is 15.5. The second-order valence-electron chi connectivity index (χ2n) is 2.64. The van der Waals surface area contributed by atoms with Gasteiger partial charge in [0.2, 0.25) is 0 Å². The van der Waals surface area contributed by atoms with Crippen LogP contribution in [0.3, 0.4) is 0 Å². The molecule has 0 aromatic rings. The lowest BCUT2D eigenvalue weighted by Crippen LogP contribution is -2.06. The summed E-state index contributed by atoms with van der Waals surface area (Å²) >= 11 is 9.13. The molecule has 0 aromatic carbocycles. The summed E-state index contributed by atoms with van der Waals surface area (Å²) in [4.78, 5) is 7.59. The van der Waals surface area contributed by atoms with E-state index in [-0.39, 0.29) is 11.1 Å². The van der Waals surface area contributed by atoms with Crippen molar-refractivity contribution >= 4 is 38.9 Å². The molecule has 0 bridgehead atoms. The van der Waals surface area contributed by atoms with Gasteiger partial charge in [-0.1, -0.05) is 18.5 Å². The highest BCUT2D eigenvalue weighted by Crippen LogP contribution is 2.25. The van der Waals surface area contributed by atoms with Gasteiger partial charge in [0.05, 0.1) is 6.07 Å². The zero-order chi connectivity index (χ0) is 11.1. The van der Waals surface area contributed by atoms with Gasteiger partial charge >= 0.3 is 0 Å². The minimum Gasteiger partial charge on any atom is -0.281 e. The predicted molar refractivity (Wildman–Crippen MR) is 64.1 cm³/mol. The molecule has 0 spiro atoms. The van der Waals surface area contributed by atoms with E-state index in [1.165, 1.54) is 0 Å². The lowest BCUT2D eigenvalue weighted by atomic mass is 10.00. The molecule has 0 radical (unpaired) electrons. The van der Waals surface area contributed by atoms with E-state index >= 15 is 0 Å². The average Bonchev–Trinajstić information content (AvgIpc) is 2.17. The second-order valence-corrected chi connectivity index (χ2v) is 3.75. The predicted octanol–water partition coefficient (Wildman–Crippen LogP) is 3.11. The van der Waals surface area contributed by atoms with Gasteiger partial charge in [0.25, 0.3) is 0 Å². The molecule has 0 N–H and O–H groups in total. The van der Waals surface area contributed by atoms with Crippen LogP contribution in [0.2, 0.25) is 0 Å². The van der Waals surface area contributed by atoms with E-state index in [9.17, 15) is 0 Å². The molecule has 0 fully saturated rings. The van der Waals surface area contributed by atoms with Gasteiger partial charge in [0.1, 0.15) is 9.78 Å². The van der Waals surface area contributed by atoms with Crippen LogP contribution in [0.15, 0.2) is 20.7 Å². The molecule has 0 aromatic heterocycles. The first-order valence-electron chi connectivity index (χ1n) is 3.94. The minimum absolute atomic E-state index is 0.0175. The van der Waals surface area contributed by atoms with Crippen LogP contribution in [-0.4, -0.2) is 18.4 Å². The fraction of sp³-hybridized carbons (Fsp3) is 0.444. The Hall–Kier alpha value is -0.660. The van der Waals surface area contributed by atoms with Crippen LogP contribution in [0.1, 0.15) is 13.3 Å². The van der Waals surface area contributed by atoms with Crippen LogP contribution in [0.4, 0.5) is 0 Å². The average molecular weight is 277 g/mol. The largest absolute Gasteiger partial charge is 0.281 e. The van der Waals surface area contributed by atoms with E-state index in [0.29, 0.717) is 16.6 Å². The molecule has 0 unspecified atom stereocenters. The maximum Gasteiger partial charge on any atom is 0.134 e. The number of nitriles is 1. The number of nitrogens with zero attached hydrogens (tertiary/aromatic N) is 3. The van der Waals surface area contributed by atoms with E-state index in [1.54, 1.807) is 7.05 Å². The van der Waals surface area contributed by atoms with Crippen molar-refractivity contribution in [1.29, 1.82) is 5.26 Å².